The average Bonchev–Trinajstić information content (AvgIpc) is 3.67. The van der Waals surface area contributed by atoms with E-state index in [0.29, 0.717) is 58.1 Å². The molecule has 7 aliphatic rings. The molecule has 11 atom stereocenters. The van der Waals surface area contributed by atoms with E-state index in [2.05, 4.69) is 101 Å². The number of nitrogens with one attached hydrogen (secondary N) is 1. The molecular formula is C46H61NO2S2. The van der Waals surface area contributed by atoms with Crippen LogP contribution in [0.25, 0.3) is 0 Å². The predicted molar refractivity (Wildman–Crippen MR) is 215 cm³/mol. The molecule has 3 N–H and O–H groups in total. The Kier molecular flexibility index (Phi) is 9.33. The van der Waals surface area contributed by atoms with Crippen LogP contribution in [0.5, 0.6) is 5.75 Å². The highest BCUT2D eigenvalue weighted by Crippen LogP contribution is 2.76. The molecule has 4 spiro atoms. The summed E-state index contributed by atoms with van der Waals surface area (Å²) in [6.07, 6.45) is 28.8. The van der Waals surface area contributed by atoms with Gasteiger partial charge in [-0.25, -0.2) is 0 Å². The fraction of sp³-hybridized carbons (Fsp3) is 0.652. The molecule has 4 fully saturated rings. The molecular weight excluding hydrogens is 663 g/mol. The van der Waals surface area contributed by atoms with Crippen molar-refractivity contribution in [2.45, 2.75) is 122 Å². The van der Waals surface area contributed by atoms with Crippen molar-refractivity contribution in [2.24, 2.45) is 51.2 Å². The van der Waals surface area contributed by atoms with E-state index in [9.17, 15) is 10.2 Å². The summed E-state index contributed by atoms with van der Waals surface area (Å²) in [6.45, 7) is 6.14. The minimum absolute atomic E-state index is 0.216. The number of benzene rings is 2. The van der Waals surface area contributed by atoms with Gasteiger partial charge < -0.3 is 15.5 Å². The van der Waals surface area contributed by atoms with E-state index in [1.807, 2.05) is 6.07 Å². The Hall–Kier alpha value is -1.66. The number of phenolic OH excluding ortho intramolecular Hbond substituents is 1. The van der Waals surface area contributed by atoms with Crippen LogP contribution in [-0.4, -0.2) is 33.9 Å². The second-order valence-corrected chi connectivity index (χ2v) is 21.8. The Morgan fingerprint density at radius 1 is 0.882 bits per heavy atom. The Morgan fingerprint density at radius 3 is 2.57 bits per heavy atom. The normalized spacial score (nSPS) is 43.4. The number of hydrogen-bond donors (Lipinski definition) is 3. The maximum Gasteiger partial charge on any atom is 0.116 e. The summed E-state index contributed by atoms with van der Waals surface area (Å²) in [6, 6.07) is 15.9. The molecule has 4 saturated carbocycles. The van der Waals surface area contributed by atoms with Crippen molar-refractivity contribution >= 4 is 21.6 Å². The number of aliphatic hydroxyl groups excluding tert-OH is 1. The Labute approximate surface area is 315 Å². The Bertz CT molecular complexity index is 1670. The zero-order chi connectivity index (χ0) is 34.8. The van der Waals surface area contributed by atoms with Crippen molar-refractivity contribution in [3.05, 3.63) is 89.0 Å². The highest BCUT2D eigenvalue weighted by Gasteiger charge is 2.67. The zero-order valence-electron chi connectivity index (χ0n) is 31.1. The molecule has 6 aliphatic carbocycles. The van der Waals surface area contributed by atoms with Crippen LogP contribution in [0.15, 0.2) is 66.8 Å². The highest BCUT2D eigenvalue weighted by atomic mass is 33.1. The Balaban J connectivity index is 1.13. The number of aromatic hydroxyl groups is 1. The van der Waals surface area contributed by atoms with Crippen LogP contribution in [0.2, 0.25) is 0 Å². The molecule has 0 amide bonds. The molecule has 1 aliphatic heterocycles. The summed E-state index contributed by atoms with van der Waals surface area (Å²) in [5.41, 5.74) is 6.62. The second-order valence-electron chi connectivity index (χ2n) is 19.2. The first-order valence-corrected chi connectivity index (χ1v) is 23.0. The lowest BCUT2D eigenvalue weighted by molar-refractivity contribution is -0.136. The Morgan fingerprint density at radius 2 is 1.73 bits per heavy atom. The van der Waals surface area contributed by atoms with Crippen LogP contribution in [0.4, 0.5) is 0 Å². The first-order valence-electron chi connectivity index (χ1n) is 20.6. The van der Waals surface area contributed by atoms with E-state index in [0.717, 1.165) is 31.1 Å². The minimum atomic E-state index is 0.216. The molecule has 0 saturated heterocycles. The molecule has 5 bridgehead atoms. The van der Waals surface area contributed by atoms with Crippen LogP contribution in [-0.2, 0) is 19.4 Å². The van der Waals surface area contributed by atoms with E-state index >= 15 is 0 Å². The minimum Gasteiger partial charge on any atom is -0.508 e. The lowest BCUT2D eigenvalue weighted by atomic mass is 9.36. The van der Waals surface area contributed by atoms with Gasteiger partial charge in [0.15, 0.2) is 0 Å². The number of rotatable bonds is 1. The molecule has 5 heteroatoms. The van der Waals surface area contributed by atoms with Gasteiger partial charge >= 0.3 is 0 Å². The third-order valence-corrected chi connectivity index (χ3v) is 18.6. The molecule has 51 heavy (non-hydrogen) atoms. The largest absolute Gasteiger partial charge is 0.508 e. The van der Waals surface area contributed by atoms with Crippen LogP contribution in [0, 0.1) is 51.2 Å². The van der Waals surface area contributed by atoms with Crippen LogP contribution in [0.1, 0.15) is 113 Å². The van der Waals surface area contributed by atoms with Gasteiger partial charge in [-0.2, -0.15) is 0 Å². The summed E-state index contributed by atoms with van der Waals surface area (Å²) in [5, 5.41) is 25.8. The third kappa shape index (κ3) is 6.40. The fourth-order valence-corrected chi connectivity index (χ4v) is 16.8. The van der Waals surface area contributed by atoms with E-state index in [4.69, 9.17) is 0 Å². The molecule has 9 rings (SSSR count). The number of aliphatic hydroxyl groups is 1. The lowest BCUT2D eigenvalue weighted by Crippen LogP contribution is -2.61. The molecule has 11 unspecified atom stereocenters. The van der Waals surface area contributed by atoms with Gasteiger partial charge in [0, 0.05) is 35.6 Å². The van der Waals surface area contributed by atoms with Crippen LogP contribution >= 0.6 is 21.6 Å². The number of fused-ring (bicyclic) bond motifs is 5. The first kappa shape index (κ1) is 35.1. The maximum atomic E-state index is 11.2. The van der Waals surface area contributed by atoms with Crippen molar-refractivity contribution in [1.82, 2.24) is 5.32 Å². The van der Waals surface area contributed by atoms with Gasteiger partial charge in [-0.1, -0.05) is 83.1 Å². The quantitative estimate of drug-likeness (QED) is 0.202. The van der Waals surface area contributed by atoms with Gasteiger partial charge in [-0.05, 0) is 177 Å². The summed E-state index contributed by atoms with van der Waals surface area (Å²) in [7, 11) is 4.25. The highest BCUT2D eigenvalue weighted by molar-refractivity contribution is 8.77. The topological polar surface area (TPSA) is 52.5 Å². The average molecular weight is 724 g/mol. The molecule has 2 aromatic rings. The van der Waals surface area contributed by atoms with Crippen LogP contribution in [0.3, 0.4) is 0 Å². The number of phenols is 1. The zero-order valence-corrected chi connectivity index (χ0v) is 32.8. The summed E-state index contributed by atoms with van der Waals surface area (Å²) in [5.74, 6) is 4.77. The van der Waals surface area contributed by atoms with Gasteiger partial charge in [-0.3, -0.25) is 0 Å². The van der Waals surface area contributed by atoms with E-state index < -0.39 is 0 Å². The van der Waals surface area contributed by atoms with Gasteiger partial charge in [0.2, 0.25) is 0 Å². The maximum absolute atomic E-state index is 11.2. The van der Waals surface area contributed by atoms with Gasteiger partial charge in [0.05, 0.1) is 0 Å². The van der Waals surface area contributed by atoms with Crippen molar-refractivity contribution < 1.29 is 10.2 Å². The van der Waals surface area contributed by atoms with Crippen LogP contribution < -0.4 is 5.32 Å². The summed E-state index contributed by atoms with van der Waals surface area (Å²) < 4.78 is 0. The van der Waals surface area contributed by atoms with E-state index in [1.165, 1.54) is 99.3 Å². The molecule has 2 aromatic carbocycles. The molecule has 1 heterocycles. The first-order chi connectivity index (χ1) is 24.7. The van der Waals surface area contributed by atoms with Crippen molar-refractivity contribution in [2.75, 3.05) is 12.4 Å². The lowest BCUT2D eigenvalue weighted by Gasteiger charge is -2.68. The van der Waals surface area contributed by atoms with Gasteiger partial charge in [0.1, 0.15) is 5.75 Å². The SMILES string of the molecule is CC1CC=CC2(C1)CC1(CCC3(CCC(CO)C3)C1)CC1C3Cc4cc(O)cc(c4)Cc4ccccc4CNC(C)CSSC4C=CC12CC4C3. The number of allylic oxidation sites excluding steroid dienone is 3. The summed E-state index contributed by atoms with van der Waals surface area (Å²) in [4.78, 5) is 0. The smallest absolute Gasteiger partial charge is 0.116 e. The fourth-order valence-electron chi connectivity index (χ4n) is 13.7. The van der Waals surface area contributed by atoms with Crippen molar-refractivity contribution in [3.8, 4) is 5.75 Å². The van der Waals surface area contributed by atoms with Gasteiger partial charge in [0.25, 0.3) is 0 Å². The van der Waals surface area contributed by atoms with Crippen molar-refractivity contribution in [1.29, 1.82) is 0 Å². The second kappa shape index (κ2) is 13.6. The monoisotopic (exact) mass is 723 g/mol. The van der Waals surface area contributed by atoms with E-state index in [-0.39, 0.29) is 10.8 Å². The predicted octanol–water partition coefficient (Wildman–Crippen LogP) is 10.7. The van der Waals surface area contributed by atoms with Crippen molar-refractivity contribution in [3.63, 3.8) is 0 Å². The van der Waals surface area contributed by atoms with Gasteiger partial charge in [-0.15, -0.1) is 0 Å². The molecule has 0 aromatic heterocycles. The third-order valence-electron chi connectivity index (χ3n) is 15.6. The number of hydrogen-bond acceptors (Lipinski definition) is 5. The molecule has 0 radical (unpaired) electrons. The molecule has 3 nitrogen and oxygen atoms in total. The van der Waals surface area contributed by atoms with E-state index in [1.54, 1.807) is 0 Å². The molecule has 274 valence electrons. The standard InChI is InChI=1S/C46H61NO2S2/c1-31-6-5-11-45(22-31)30-44(15-14-43(29-44)12-9-33(23-43)27-48)25-41-38-18-35-16-34(19-40(49)20-35)17-36-7-3-4-8-37(36)26-47-32(2)28-50-51-42-10-13-46(41,45)24-39(42)21-38/h3-5,7-8,10-11,13,16,19-20,31-33,38-39,41-42,47-49H,6,9,12,14-15,17-18,21-30H2,1-2H3. The summed E-state index contributed by atoms with van der Waals surface area (Å²) >= 11 is 0.